The minimum Gasteiger partial charge on any atom is -0.384 e. The Balaban J connectivity index is 2.34. The molecule has 1 heterocycles. The van der Waals surface area contributed by atoms with E-state index in [9.17, 15) is 23.1 Å². The van der Waals surface area contributed by atoms with E-state index in [-0.39, 0.29) is 29.3 Å². The van der Waals surface area contributed by atoms with Gasteiger partial charge in [-0.2, -0.15) is 23.3 Å². The maximum absolute atomic E-state index is 13.2. The van der Waals surface area contributed by atoms with Crippen LogP contribution < -0.4 is 0 Å². The first-order chi connectivity index (χ1) is 10.3. The molecule has 0 aliphatic carbocycles. The lowest BCUT2D eigenvalue weighted by Crippen LogP contribution is -2.56. The van der Waals surface area contributed by atoms with Crippen LogP contribution in [0.15, 0.2) is 35.4 Å². The minimum absolute atomic E-state index is 0.0157. The number of rotatable bonds is 4. The number of halogens is 3. The lowest BCUT2D eigenvalue weighted by Gasteiger charge is -2.32. The van der Waals surface area contributed by atoms with Gasteiger partial charge in [0, 0.05) is 31.2 Å². The van der Waals surface area contributed by atoms with Gasteiger partial charge in [0.25, 0.3) is 11.6 Å². The molecule has 8 heteroatoms. The van der Waals surface area contributed by atoms with Crippen molar-refractivity contribution in [3.05, 3.63) is 35.9 Å². The molecule has 0 spiro atoms. The van der Waals surface area contributed by atoms with Crippen molar-refractivity contribution in [3.8, 4) is 0 Å². The monoisotopic (exact) mass is 316 g/mol. The van der Waals surface area contributed by atoms with Gasteiger partial charge in [-0.25, -0.2) is 0 Å². The molecule has 0 fully saturated rings. The zero-order valence-electron chi connectivity index (χ0n) is 11.8. The molecule has 0 aromatic heterocycles. The number of hydrogen-bond donors (Lipinski definition) is 1. The second kappa shape index (κ2) is 6.05. The van der Waals surface area contributed by atoms with Crippen molar-refractivity contribution in [2.75, 3.05) is 13.7 Å². The van der Waals surface area contributed by atoms with E-state index in [4.69, 9.17) is 4.74 Å². The van der Waals surface area contributed by atoms with E-state index >= 15 is 0 Å². The molecule has 120 valence electrons. The van der Waals surface area contributed by atoms with Crippen LogP contribution in [0.4, 0.5) is 13.2 Å². The maximum atomic E-state index is 13.2. The Morgan fingerprint density at radius 3 is 2.59 bits per heavy atom. The Morgan fingerprint density at radius 2 is 2.05 bits per heavy atom. The normalized spacial score (nSPS) is 21.9. The molecule has 1 amide bonds. The third-order valence-corrected chi connectivity index (χ3v) is 3.30. The Morgan fingerprint density at radius 1 is 1.41 bits per heavy atom. The summed E-state index contributed by atoms with van der Waals surface area (Å²) in [6, 6.07) is 7.39. The molecule has 0 radical (unpaired) electrons. The third kappa shape index (κ3) is 2.97. The number of nitrogens with zero attached hydrogens (tertiary/aromatic N) is 2. The molecule has 0 bridgehead atoms. The number of alkyl halides is 3. The number of methoxy groups -OCH3 is 1. The van der Waals surface area contributed by atoms with Gasteiger partial charge in [-0.05, 0) is 12.1 Å². The van der Waals surface area contributed by atoms with Gasteiger partial charge >= 0.3 is 6.18 Å². The van der Waals surface area contributed by atoms with E-state index in [1.54, 1.807) is 6.07 Å². The summed E-state index contributed by atoms with van der Waals surface area (Å²) >= 11 is 0. The van der Waals surface area contributed by atoms with Gasteiger partial charge in [0.2, 0.25) is 0 Å². The molecule has 1 aliphatic rings. The molecule has 1 atom stereocenters. The second-order valence-corrected chi connectivity index (χ2v) is 4.88. The molecule has 0 unspecified atom stereocenters. The Bertz CT molecular complexity index is 574. The van der Waals surface area contributed by atoms with Gasteiger partial charge < -0.3 is 9.84 Å². The van der Waals surface area contributed by atoms with Crippen molar-refractivity contribution >= 4 is 11.6 Å². The maximum Gasteiger partial charge on any atom is 0.438 e. The van der Waals surface area contributed by atoms with E-state index in [1.165, 1.54) is 31.4 Å². The average molecular weight is 316 g/mol. The van der Waals surface area contributed by atoms with Crippen LogP contribution in [0.3, 0.4) is 0 Å². The van der Waals surface area contributed by atoms with Crippen molar-refractivity contribution in [1.29, 1.82) is 0 Å². The summed E-state index contributed by atoms with van der Waals surface area (Å²) in [5.74, 6) is -1.01. The quantitative estimate of drug-likeness (QED) is 0.926. The molecule has 0 saturated heterocycles. The summed E-state index contributed by atoms with van der Waals surface area (Å²) in [6.45, 7) is 0.153. The first kappa shape index (κ1) is 16.4. The Hall–Kier alpha value is -1.93. The van der Waals surface area contributed by atoms with Gasteiger partial charge in [-0.1, -0.05) is 18.2 Å². The molecule has 1 aliphatic heterocycles. The lowest BCUT2D eigenvalue weighted by molar-refractivity contribution is -0.297. The zero-order valence-corrected chi connectivity index (χ0v) is 11.8. The minimum atomic E-state index is -5.02. The van der Waals surface area contributed by atoms with Crippen molar-refractivity contribution in [3.63, 3.8) is 0 Å². The van der Waals surface area contributed by atoms with Crippen LogP contribution in [0.2, 0.25) is 0 Å². The average Bonchev–Trinajstić information content (AvgIpc) is 2.83. The molecule has 1 aromatic rings. The largest absolute Gasteiger partial charge is 0.438 e. The van der Waals surface area contributed by atoms with Crippen LogP contribution in [-0.2, 0) is 4.74 Å². The molecule has 2 rings (SSSR count). The molecule has 0 saturated carbocycles. The first-order valence-electron chi connectivity index (χ1n) is 6.53. The molecule has 1 aromatic carbocycles. The van der Waals surface area contributed by atoms with Gasteiger partial charge in [-0.15, -0.1) is 0 Å². The fourth-order valence-corrected chi connectivity index (χ4v) is 2.11. The molecule has 5 nitrogen and oxygen atoms in total. The van der Waals surface area contributed by atoms with Crippen LogP contribution in [0.25, 0.3) is 0 Å². The van der Waals surface area contributed by atoms with Crippen LogP contribution in [0.5, 0.6) is 0 Å². The van der Waals surface area contributed by atoms with Crippen LogP contribution in [-0.4, -0.2) is 47.4 Å². The number of benzene rings is 1. The zero-order chi connectivity index (χ0) is 16.4. The van der Waals surface area contributed by atoms with Crippen molar-refractivity contribution in [2.45, 2.75) is 24.7 Å². The number of carbonyl (C=O) groups is 1. The Kier molecular flexibility index (Phi) is 4.52. The first-order valence-corrected chi connectivity index (χ1v) is 6.53. The number of ether oxygens (including phenoxy) is 1. The van der Waals surface area contributed by atoms with Crippen LogP contribution >= 0.6 is 0 Å². The van der Waals surface area contributed by atoms with E-state index in [2.05, 4.69) is 5.10 Å². The van der Waals surface area contributed by atoms with Crippen molar-refractivity contribution in [1.82, 2.24) is 5.01 Å². The van der Waals surface area contributed by atoms with Crippen LogP contribution in [0.1, 0.15) is 23.2 Å². The highest BCUT2D eigenvalue weighted by molar-refractivity contribution is 5.98. The molecular weight excluding hydrogens is 301 g/mol. The third-order valence-electron chi connectivity index (χ3n) is 3.30. The number of carbonyl (C=O) groups excluding carboxylic acids is 1. The number of aliphatic hydroxyl groups is 1. The topological polar surface area (TPSA) is 62.1 Å². The van der Waals surface area contributed by atoms with Crippen molar-refractivity contribution in [2.24, 2.45) is 5.10 Å². The van der Waals surface area contributed by atoms with Gasteiger partial charge in [0.05, 0.1) is 6.61 Å². The predicted molar refractivity (Wildman–Crippen MR) is 72.2 cm³/mol. The molecular formula is C14H15F3N2O3. The molecule has 1 N–H and O–H groups in total. The molecule has 22 heavy (non-hydrogen) atoms. The smallest absolute Gasteiger partial charge is 0.384 e. The van der Waals surface area contributed by atoms with Gasteiger partial charge in [0.15, 0.2) is 0 Å². The van der Waals surface area contributed by atoms with Gasteiger partial charge in [0.1, 0.15) is 0 Å². The summed E-state index contributed by atoms with van der Waals surface area (Å²) in [4.78, 5) is 12.3. The summed E-state index contributed by atoms with van der Waals surface area (Å²) in [7, 11) is 1.40. The second-order valence-electron chi connectivity index (χ2n) is 4.88. The summed E-state index contributed by atoms with van der Waals surface area (Å²) in [5, 5.41) is 13.8. The van der Waals surface area contributed by atoms with E-state index < -0.39 is 24.2 Å². The van der Waals surface area contributed by atoms with E-state index in [0.717, 1.165) is 0 Å². The standard InChI is InChI=1S/C14H15F3N2O3/c1-22-8-7-11-9-13(21,14(15,16)17)19(18-11)12(20)10-5-3-2-4-6-10/h2-6,21H,7-9H2,1H3/t13-/m0/s1. The number of hydrazone groups is 1. The SMILES string of the molecule is COCCC1=NN(C(=O)c2ccccc2)[C@@](O)(C(F)(F)F)C1. The highest BCUT2D eigenvalue weighted by Crippen LogP contribution is 2.41. The fraction of sp³-hybridized carbons (Fsp3) is 0.429. The van der Waals surface area contributed by atoms with Gasteiger partial charge in [-0.3, -0.25) is 4.79 Å². The summed E-state index contributed by atoms with van der Waals surface area (Å²) in [5.41, 5.74) is -3.25. The number of amides is 1. The van der Waals surface area contributed by atoms with Crippen molar-refractivity contribution < 1.29 is 27.8 Å². The Labute approximate surface area is 125 Å². The van der Waals surface area contributed by atoms with E-state index in [1.807, 2.05) is 0 Å². The highest BCUT2D eigenvalue weighted by Gasteiger charge is 2.63. The predicted octanol–water partition coefficient (Wildman–Crippen LogP) is 2.18. The van der Waals surface area contributed by atoms with Crippen LogP contribution in [0, 0.1) is 0 Å². The van der Waals surface area contributed by atoms with E-state index in [0.29, 0.717) is 0 Å². The lowest BCUT2D eigenvalue weighted by atomic mass is 10.0. The number of hydrogen-bond acceptors (Lipinski definition) is 4. The summed E-state index contributed by atoms with van der Waals surface area (Å²) < 4.78 is 44.4. The fourth-order valence-electron chi connectivity index (χ4n) is 2.11. The highest BCUT2D eigenvalue weighted by atomic mass is 19.4. The summed E-state index contributed by atoms with van der Waals surface area (Å²) in [6.07, 6.45) is -5.69.